The Morgan fingerprint density at radius 1 is 0.609 bits per heavy atom. The van der Waals surface area contributed by atoms with Crippen molar-refractivity contribution in [3.63, 3.8) is 0 Å². The molecular formula is C23H36. The third-order valence-corrected chi connectivity index (χ3v) is 4.39. The van der Waals surface area contributed by atoms with Crippen LogP contribution in [0.5, 0.6) is 0 Å². The van der Waals surface area contributed by atoms with Crippen molar-refractivity contribution in [2.75, 3.05) is 0 Å². The molecule has 0 unspecified atom stereocenters. The standard InChI is InChI=1S/C23H36/c1-2-3-4-5-6-7-8-9-10-11-12-13-14-15-17-20-23-21-18-16-19-22-23/h16,18-19,21-22H,2-7,10-15,17,20H2,1H3. The summed E-state index contributed by atoms with van der Waals surface area (Å²) in [6.07, 6.45) is 18.4. The first-order valence-corrected chi connectivity index (χ1v) is 9.93. The second kappa shape index (κ2) is 15.7. The lowest BCUT2D eigenvalue weighted by atomic mass is 10.0. The summed E-state index contributed by atoms with van der Waals surface area (Å²) in [6, 6.07) is 10.9. The maximum Gasteiger partial charge on any atom is 0.00886 e. The summed E-state index contributed by atoms with van der Waals surface area (Å²) < 4.78 is 0. The molecule has 0 aliphatic heterocycles. The van der Waals surface area contributed by atoms with Gasteiger partial charge in [-0.1, -0.05) is 88.6 Å². The molecule has 0 aliphatic carbocycles. The van der Waals surface area contributed by atoms with Gasteiger partial charge >= 0.3 is 0 Å². The van der Waals surface area contributed by atoms with Crippen molar-refractivity contribution in [3.8, 4) is 11.8 Å². The maximum atomic E-state index is 3.35. The number of benzene rings is 1. The van der Waals surface area contributed by atoms with Gasteiger partial charge in [0.15, 0.2) is 0 Å². The van der Waals surface area contributed by atoms with Crippen LogP contribution in [0.15, 0.2) is 30.3 Å². The predicted molar refractivity (Wildman–Crippen MR) is 104 cm³/mol. The summed E-state index contributed by atoms with van der Waals surface area (Å²) in [5, 5.41) is 0. The summed E-state index contributed by atoms with van der Waals surface area (Å²) >= 11 is 0. The third-order valence-electron chi connectivity index (χ3n) is 4.39. The lowest BCUT2D eigenvalue weighted by Crippen LogP contribution is -1.85. The highest BCUT2D eigenvalue weighted by molar-refractivity contribution is 5.14. The van der Waals surface area contributed by atoms with Gasteiger partial charge in [0.05, 0.1) is 0 Å². The van der Waals surface area contributed by atoms with Gasteiger partial charge in [0, 0.05) is 12.8 Å². The minimum absolute atomic E-state index is 1.11. The minimum Gasteiger partial charge on any atom is -0.103 e. The van der Waals surface area contributed by atoms with Gasteiger partial charge in [-0.25, -0.2) is 0 Å². The van der Waals surface area contributed by atoms with Crippen molar-refractivity contribution in [3.05, 3.63) is 35.9 Å². The van der Waals surface area contributed by atoms with E-state index in [2.05, 4.69) is 49.1 Å². The molecule has 23 heavy (non-hydrogen) atoms. The number of hydrogen-bond donors (Lipinski definition) is 0. The van der Waals surface area contributed by atoms with Crippen LogP contribution in [-0.2, 0) is 6.42 Å². The zero-order valence-electron chi connectivity index (χ0n) is 15.3. The molecule has 128 valence electrons. The van der Waals surface area contributed by atoms with Crippen molar-refractivity contribution in [1.82, 2.24) is 0 Å². The molecule has 0 saturated heterocycles. The van der Waals surface area contributed by atoms with Crippen molar-refractivity contribution >= 4 is 0 Å². The van der Waals surface area contributed by atoms with Crippen molar-refractivity contribution in [2.45, 2.75) is 96.8 Å². The summed E-state index contributed by atoms with van der Waals surface area (Å²) in [7, 11) is 0. The molecule has 0 bridgehead atoms. The molecule has 0 spiro atoms. The Morgan fingerprint density at radius 3 is 1.74 bits per heavy atom. The fraction of sp³-hybridized carbons (Fsp3) is 0.652. The first-order valence-electron chi connectivity index (χ1n) is 9.93. The Hall–Kier alpha value is -1.22. The van der Waals surface area contributed by atoms with E-state index in [-0.39, 0.29) is 0 Å². The number of hydrogen-bond acceptors (Lipinski definition) is 0. The fourth-order valence-electron chi connectivity index (χ4n) is 2.89. The van der Waals surface area contributed by atoms with Crippen LogP contribution in [0.3, 0.4) is 0 Å². The molecule has 1 aromatic carbocycles. The Morgan fingerprint density at radius 2 is 1.13 bits per heavy atom. The van der Waals surface area contributed by atoms with Crippen molar-refractivity contribution in [2.24, 2.45) is 0 Å². The van der Waals surface area contributed by atoms with Gasteiger partial charge in [0.2, 0.25) is 0 Å². The lowest BCUT2D eigenvalue weighted by Gasteiger charge is -2.01. The monoisotopic (exact) mass is 312 g/mol. The van der Waals surface area contributed by atoms with Crippen LogP contribution in [0.1, 0.15) is 96.0 Å². The molecule has 0 N–H and O–H groups in total. The lowest BCUT2D eigenvalue weighted by molar-refractivity contribution is 0.598. The molecule has 0 aliphatic rings. The molecule has 1 aromatic rings. The smallest absolute Gasteiger partial charge is 0.00886 e. The van der Waals surface area contributed by atoms with Gasteiger partial charge in [-0.15, -0.1) is 11.8 Å². The van der Waals surface area contributed by atoms with E-state index in [0.29, 0.717) is 0 Å². The Kier molecular flexibility index (Phi) is 13.5. The van der Waals surface area contributed by atoms with Crippen LogP contribution < -0.4 is 0 Å². The molecule has 0 heteroatoms. The van der Waals surface area contributed by atoms with Gasteiger partial charge < -0.3 is 0 Å². The molecule has 0 radical (unpaired) electrons. The SMILES string of the molecule is CCCCCCCC#CCCCCCCCCc1ccccc1. The molecule has 0 nitrogen and oxygen atoms in total. The van der Waals surface area contributed by atoms with Gasteiger partial charge in [-0.05, 0) is 31.2 Å². The van der Waals surface area contributed by atoms with Gasteiger partial charge in [-0.2, -0.15) is 0 Å². The summed E-state index contributed by atoms with van der Waals surface area (Å²) in [6.45, 7) is 2.27. The average molecular weight is 313 g/mol. The zero-order chi connectivity index (χ0) is 16.4. The first-order chi connectivity index (χ1) is 11.4. The maximum absolute atomic E-state index is 3.35. The quantitative estimate of drug-likeness (QED) is 0.264. The topological polar surface area (TPSA) is 0 Å². The van der Waals surface area contributed by atoms with E-state index in [4.69, 9.17) is 0 Å². The number of unbranched alkanes of at least 4 members (excludes halogenated alkanes) is 11. The average Bonchev–Trinajstić information content (AvgIpc) is 2.59. The largest absolute Gasteiger partial charge is 0.103 e. The van der Waals surface area contributed by atoms with E-state index in [1.54, 1.807) is 0 Å². The predicted octanol–water partition coefficient (Wildman–Crippen LogP) is 7.32. The molecule has 1 rings (SSSR count). The summed E-state index contributed by atoms with van der Waals surface area (Å²) in [4.78, 5) is 0. The van der Waals surface area contributed by atoms with Crippen LogP contribution in [0.2, 0.25) is 0 Å². The fourth-order valence-corrected chi connectivity index (χ4v) is 2.89. The summed E-state index contributed by atoms with van der Waals surface area (Å²) in [5.41, 5.74) is 1.48. The second-order valence-corrected chi connectivity index (χ2v) is 6.62. The highest BCUT2D eigenvalue weighted by Crippen LogP contribution is 2.10. The van der Waals surface area contributed by atoms with Crippen LogP contribution in [0, 0.1) is 11.8 Å². The van der Waals surface area contributed by atoms with Gasteiger partial charge in [0.25, 0.3) is 0 Å². The Bertz CT molecular complexity index is 407. The first kappa shape index (κ1) is 19.8. The minimum atomic E-state index is 1.11. The highest BCUT2D eigenvalue weighted by atomic mass is 14.0. The van der Waals surface area contributed by atoms with E-state index in [0.717, 1.165) is 12.8 Å². The molecule has 0 aromatic heterocycles. The normalized spacial score (nSPS) is 10.3. The van der Waals surface area contributed by atoms with Crippen LogP contribution in [0.4, 0.5) is 0 Å². The number of rotatable bonds is 13. The van der Waals surface area contributed by atoms with Crippen molar-refractivity contribution in [1.29, 1.82) is 0 Å². The molecule has 0 heterocycles. The zero-order valence-corrected chi connectivity index (χ0v) is 15.3. The third kappa shape index (κ3) is 13.0. The van der Waals surface area contributed by atoms with Crippen molar-refractivity contribution < 1.29 is 0 Å². The van der Waals surface area contributed by atoms with Crippen LogP contribution >= 0.6 is 0 Å². The van der Waals surface area contributed by atoms with Crippen LogP contribution in [0.25, 0.3) is 0 Å². The highest BCUT2D eigenvalue weighted by Gasteiger charge is 1.93. The summed E-state index contributed by atoms with van der Waals surface area (Å²) in [5.74, 6) is 6.69. The number of aryl methyl sites for hydroxylation is 1. The van der Waals surface area contributed by atoms with Crippen LogP contribution in [-0.4, -0.2) is 0 Å². The molecule has 0 fully saturated rings. The Labute approximate surface area is 145 Å². The second-order valence-electron chi connectivity index (χ2n) is 6.62. The Balaban J connectivity index is 1.79. The van der Waals surface area contributed by atoms with E-state index in [1.165, 1.54) is 82.6 Å². The van der Waals surface area contributed by atoms with E-state index in [1.807, 2.05) is 0 Å². The van der Waals surface area contributed by atoms with Gasteiger partial charge in [0.1, 0.15) is 0 Å². The van der Waals surface area contributed by atoms with E-state index < -0.39 is 0 Å². The molecule has 0 saturated carbocycles. The molecule has 0 amide bonds. The molecule has 0 atom stereocenters. The van der Waals surface area contributed by atoms with E-state index >= 15 is 0 Å². The molecular weight excluding hydrogens is 276 g/mol. The van der Waals surface area contributed by atoms with Gasteiger partial charge in [-0.3, -0.25) is 0 Å². The van der Waals surface area contributed by atoms with E-state index in [9.17, 15) is 0 Å².